The zero-order valence-electron chi connectivity index (χ0n) is 21.7. The summed E-state index contributed by atoms with van der Waals surface area (Å²) in [5, 5.41) is 0. The van der Waals surface area contributed by atoms with Crippen molar-refractivity contribution in [3.8, 4) is 11.5 Å². The Balaban J connectivity index is 1.82. The average molecular weight is 309 g/mol. The first-order valence-corrected chi connectivity index (χ1v) is 7.32. The number of ether oxygens (including phenoxy) is 2. The Morgan fingerprint density at radius 3 is 3.41 bits per heavy atom. The largest absolute Gasteiger partial charge is 0.493 e. The number of nitrogens with zero attached hydrogens (tertiary/aromatic N) is 1. The van der Waals surface area contributed by atoms with Gasteiger partial charge in [-0.1, -0.05) is 6.07 Å². The Labute approximate surface area is 144 Å². The maximum atomic E-state index is 13.2. The van der Waals surface area contributed by atoms with Crippen LogP contribution in [0.1, 0.15) is 44.0 Å². The number of carbonyl (C=O) groups is 1. The highest BCUT2D eigenvalue weighted by molar-refractivity contribution is 5.89. The molecule has 2 fully saturated rings. The topological polar surface area (TPSA) is 38.8 Å². The zero-order chi connectivity index (χ0) is 23.7. The lowest BCUT2D eigenvalue weighted by molar-refractivity contribution is -0.138. The number of carbonyl (C=O) groups excluding carboxylic acids is 1. The standard InChI is InChI=1S/C18H21NO3/c1-19-8-7-18-11-4-5-13(20)17(18)22-16-14(21-2)6-3-10(15(16)18)9-12(11)19/h3,6,11-12,17H,4-5,7-9H2,1-2H3/t11-,12+,17?,18-/m0/s1/i1D3,2D3,5D2,11D,12D. The molecular formula is C18H21NO3. The summed E-state index contributed by atoms with van der Waals surface area (Å²) in [6.45, 7) is -2.83. The van der Waals surface area contributed by atoms with E-state index in [-0.39, 0.29) is 30.9 Å². The molecule has 22 heavy (non-hydrogen) atoms. The number of Topliss-reactive ketones (excluding diaryl/α,β-unsaturated/α-hetero) is 1. The van der Waals surface area contributed by atoms with E-state index >= 15 is 0 Å². The van der Waals surface area contributed by atoms with Crippen LogP contribution >= 0.6 is 0 Å². The third-order valence-electron chi connectivity index (χ3n) is 5.43. The number of methoxy groups -OCH3 is 1. The molecule has 1 saturated heterocycles. The van der Waals surface area contributed by atoms with E-state index in [1.54, 1.807) is 0 Å². The highest BCUT2D eigenvalue weighted by atomic mass is 16.5. The molecule has 4 aliphatic rings. The second kappa shape index (κ2) is 4.05. The molecule has 0 amide bonds. The number of hydrogen-bond donors (Lipinski definition) is 0. The van der Waals surface area contributed by atoms with Gasteiger partial charge in [0.25, 0.3) is 0 Å². The van der Waals surface area contributed by atoms with Gasteiger partial charge in [0.15, 0.2) is 23.4 Å². The van der Waals surface area contributed by atoms with Crippen molar-refractivity contribution in [3.05, 3.63) is 23.3 Å². The zero-order valence-corrected chi connectivity index (χ0v) is 11.7. The fourth-order valence-corrected chi connectivity index (χ4v) is 4.54. The molecule has 5 rings (SSSR count). The van der Waals surface area contributed by atoms with Crippen LogP contribution in [0.25, 0.3) is 0 Å². The predicted octanol–water partition coefficient (Wildman–Crippen LogP) is 1.93. The van der Waals surface area contributed by atoms with Crippen molar-refractivity contribution in [2.45, 2.75) is 43.2 Å². The molecule has 2 aliphatic heterocycles. The van der Waals surface area contributed by atoms with Crippen LogP contribution in [0.4, 0.5) is 0 Å². The Hall–Kier alpha value is -1.55. The van der Waals surface area contributed by atoms with Gasteiger partial charge in [-0.15, -0.1) is 0 Å². The molecule has 2 bridgehead atoms. The highest BCUT2D eigenvalue weighted by Crippen LogP contribution is 2.62. The minimum absolute atomic E-state index is 0.0285. The van der Waals surface area contributed by atoms with E-state index in [4.69, 9.17) is 20.4 Å². The molecule has 2 aliphatic carbocycles. The van der Waals surface area contributed by atoms with Crippen molar-refractivity contribution in [1.82, 2.24) is 4.90 Å². The van der Waals surface area contributed by atoms with E-state index in [0.29, 0.717) is 11.1 Å². The van der Waals surface area contributed by atoms with E-state index < -0.39 is 56.0 Å². The molecule has 0 aromatic heterocycles. The average Bonchev–Trinajstić information content (AvgIpc) is 2.94. The molecule has 116 valence electrons. The minimum Gasteiger partial charge on any atom is -0.493 e. The first-order valence-electron chi connectivity index (χ1n) is 12.3. The molecule has 4 atom stereocenters. The monoisotopic (exact) mass is 309 g/mol. The highest BCUT2D eigenvalue weighted by Gasteiger charge is 2.65. The van der Waals surface area contributed by atoms with Crippen LogP contribution < -0.4 is 9.47 Å². The molecule has 2 heterocycles. The van der Waals surface area contributed by atoms with Crippen LogP contribution in [0.3, 0.4) is 0 Å². The molecule has 0 N–H and O–H groups in total. The van der Waals surface area contributed by atoms with Gasteiger partial charge in [0, 0.05) is 33.0 Å². The summed E-state index contributed by atoms with van der Waals surface area (Å²) in [6, 6.07) is 0.795. The van der Waals surface area contributed by atoms with Crippen molar-refractivity contribution >= 4 is 5.78 Å². The molecule has 1 aromatic carbocycles. The molecule has 1 spiro atoms. The maximum Gasteiger partial charge on any atom is 0.174 e. The fraction of sp³-hybridized carbons (Fsp3) is 0.611. The quantitative estimate of drug-likeness (QED) is 0.795. The molecular weight excluding hydrogens is 278 g/mol. The van der Waals surface area contributed by atoms with Crippen molar-refractivity contribution in [2.24, 2.45) is 5.89 Å². The number of benzene rings is 1. The van der Waals surface area contributed by atoms with Crippen molar-refractivity contribution in [1.29, 1.82) is 0 Å². The molecule has 1 saturated carbocycles. The third kappa shape index (κ3) is 1.27. The van der Waals surface area contributed by atoms with E-state index in [1.807, 2.05) is 0 Å². The Morgan fingerprint density at radius 1 is 1.59 bits per heavy atom. The van der Waals surface area contributed by atoms with E-state index in [0.717, 1.165) is 4.90 Å². The van der Waals surface area contributed by atoms with Crippen LogP contribution in [0.5, 0.6) is 11.5 Å². The van der Waals surface area contributed by atoms with Crippen molar-refractivity contribution in [3.63, 3.8) is 0 Å². The van der Waals surface area contributed by atoms with Crippen molar-refractivity contribution < 1.29 is 28.0 Å². The smallest absolute Gasteiger partial charge is 0.174 e. The molecule has 1 unspecified atom stereocenters. The number of hydrogen-bond acceptors (Lipinski definition) is 4. The summed E-state index contributed by atoms with van der Waals surface area (Å²) in [6.07, 6.45) is -4.92. The summed E-state index contributed by atoms with van der Waals surface area (Å²) in [4.78, 5) is 14.1. The van der Waals surface area contributed by atoms with Crippen molar-refractivity contribution in [2.75, 3.05) is 20.6 Å². The van der Waals surface area contributed by atoms with Gasteiger partial charge >= 0.3 is 0 Å². The van der Waals surface area contributed by atoms with Gasteiger partial charge in [-0.2, -0.15) is 0 Å². The lowest BCUT2D eigenvalue weighted by Gasteiger charge is -2.57. The van der Waals surface area contributed by atoms with Crippen LogP contribution in [0.15, 0.2) is 12.1 Å². The summed E-state index contributed by atoms with van der Waals surface area (Å²) in [7, 11) is -2.81. The van der Waals surface area contributed by atoms with Gasteiger partial charge in [0.1, 0.15) is 0 Å². The third-order valence-corrected chi connectivity index (χ3v) is 5.43. The second-order valence-electron chi connectivity index (χ2n) is 6.22. The van der Waals surface area contributed by atoms with Crippen LogP contribution in [0, 0.1) is 5.89 Å². The minimum atomic E-state index is -2.81. The first-order chi connectivity index (χ1) is 14.5. The van der Waals surface area contributed by atoms with Crippen LogP contribution in [0.2, 0.25) is 0 Å². The number of likely N-dealkylation sites (tertiary alicyclic amines) is 1. The van der Waals surface area contributed by atoms with Crippen LogP contribution in [-0.2, 0) is 16.6 Å². The van der Waals surface area contributed by atoms with Gasteiger partial charge in [0.05, 0.1) is 11.2 Å². The predicted molar refractivity (Wildman–Crippen MR) is 81.6 cm³/mol. The lowest BCUT2D eigenvalue weighted by Crippen LogP contribution is -2.65. The van der Waals surface area contributed by atoms with E-state index in [2.05, 4.69) is 0 Å². The lowest BCUT2D eigenvalue weighted by atomic mass is 9.52. The molecule has 1 aromatic rings. The molecule has 0 radical (unpaired) electrons. The first kappa shape index (κ1) is 6.52. The van der Waals surface area contributed by atoms with Gasteiger partial charge < -0.3 is 14.4 Å². The molecule has 4 heteroatoms. The number of piperidine rings is 1. The summed E-state index contributed by atoms with van der Waals surface area (Å²) in [5.41, 5.74) is -0.644. The number of ketones is 1. The Kier molecular flexibility index (Phi) is 1.20. The second-order valence-corrected chi connectivity index (χ2v) is 6.22. The van der Waals surface area contributed by atoms with E-state index in [1.165, 1.54) is 12.1 Å². The van der Waals surface area contributed by atoms with Gasteiger partial charge in [-0.25, -0.2) is 0 Å². The number of rotatable bonds is 1. The van der Waals surface area contributed by atoms with E-state index in [9.17, 15) is 7.54 Å². The summed E-state index contributed by atoms with van der Waals surface area (Å²) < 4.78 is 92.6. The fourth-order valence-electron chi connectivity index (χ4n) is 4.54. The van der Waals surface area contributed by atoms with Crippen LogP contribution in [-0.4, -0.2) is 43.4 Å². The van der Waals surface area contributed by atoms with Gasteiger partial charge in [-0.3, -0.25) is 4.79 Å². The number of likely N-dealkylation sites (N-methyl/N-ethyl adjacent to an activating group) is 1. The summed E-state index contributed by atoms with van der Waals surface area (Å²) >= 11 is 0. The Bertz CT molecular complexity index is 1040. The summed E-state index contributed by atoms with van der Waals surface area (Å²) in [5.74, 6) is -3.13. The normalized spacial score (nSPS) is 55.3. The Morgan fingerprint density at radius 2 is 2.55 bits per heavy atom. The SMILES string of the molecule is [2H]C([2H])([2H])Oc1ccc2c3c1OC1C(=O)C([2H])([2H])C[C@]4([2H])[C@@]31CCN(C([2H])([2H])[2H])[C@]4([2H])C2. The van der Waals surface area contributed by atoms with Gasteiger partial charge in [0.2, 0.25) is 0 Å². The molecule has 4 nitrogen and oxygen atoms in total. The van der Waals surface area contributed by atoms with Gasteiger partial charge in [-0.05, 0) is 50.3 Å². The maximum absolute atomic E-state index is 13.2.